The van der Waals surface area contributed by atoms with Gasteiger partial charge < -0.3 is 14.2 Å². The molecule has 0 N–H and O–H groups in total. The average molecular weight is 428 g/mol. The van der Waals surface area contributed by atoms with Gasteiger partial charge in [-0.15, -0.1) is 0 Å². The van der Waals surface area contributed by atoms with Gasteiger partial charge in [-0.05, 0) is 45.2 Å². The van der Waals surface area contributed by atoms with E-state index < -0.39 is 40.3 Å². The van der Waals surface area contributed by atoms with Crippen molar-refractivity contribution in [1.82, 2.24) is 4.31 Å². The summed E-state index contributed by atoms with van der Waals surface area (Å²) in [6, 6.07) is 5.77. The number of piperidine rings is 1. The second kappa shape index (κ2) is 10.2. The Morgan fingerprint density at radius 1 is 1.21 bits per heavy atom. The molecule has 1 fully saturated rings. The molecule has 29 heavy (non-hydrogen) atoms. The van der Waals surface area contributed by atoms with Gasteiger partial charge in [0.25, 0.3) is 0 Å². The maximum absolute atomic E-state index is 13.5. The molecule has 2 rings (SSSR count). The number of benzene rings is 1. The van der Waals surface area contributed by atoms with Crippen LogP contribution in [0.5, 0.6) is 0 Å². The summed E-state index contributed by atoms with van der Waals surface area (Å²) in [6.07, 6.45) is -0.310. The Kier molecular flexibility index (Phi) is 8.18. The molecule has 1 heterocycles. The van der Waals surface area contributed by atoms with Gasteiger partial charge >= 0.3 is 11.9 Å². The average Bonchev–Trinajstić information content (AvgIpc) is 2.67. The third kappa shape index (κ3) is 5.77. The number of hydrogen-bond donors (Lipinski definition) is 0. The van der Waals surface area contributed by atoms with Crippen LogP contribution in [0.1, 0.15) is 45.1 Å². The maximum Gasteiger partial charge on any atom is 0.309 e. The Balaban J connectivity index is 2.45. The SMILES string of the molecule is CCOC(=O)C[C@H](OC(C)=O)[C@@H]1CCCC(OC)N1S(=O)(=O)c1ccc(C)cc1. The topological polar surface area (TPSA) is 99.2 Å². The minimum atomic E-state index is -3.95. The monoisotopic (exact) mass is 427 g/mol. The van der Waals surface area contributed by atoms with Crippen molar-refractivity contribution in [2.75, 3.05) is 13.7 Å². The van der Waals surface area contributed by atoms with Crippen LogP contribution in [0.3, 0.4) is 0 Å². The fourth-order valence-corrected chi connectivity index (χ4v) is 5.38. The summed E-state index contributed by atoms with van der Waals surface area (Å²) < 4.78 is 44.0. The van der Waals surface area contributed by atoms with E-state index in [1.54, 1.807) is 19.1 Å². The van der Waals surface area contributed by atoms with Crippen molar-refractivity contribution in [3.63, 3.8) is 0 Å². The first kappa shape index (κ1) is 23.3. The smallest absolute Gasteiger partial charge is 0.309 e. The third-order valence-corrected chi connectivity index (χ3v) is 6.78. The molecular formula is C20H29NO7S. The molecule has 0 aliphatic carbocycles. The van der Waals surface area contributed by atoms with E-state index in [-0.39, 0.29) is 17.9 Å². The Morgan fingerprint density at radius 3 is 2.41 bits per heavy atom. The summed E-state index contributed by atoms with van der Waals surface area (Å²) >= 11 is 0. The van der Waals surface area contributed by atoms with Crippen LogP contribution in [0.2, 0.25) is 0 Å². The van der Waals surface area contributed by atoms with Crippen LogP contribution in [0.15, 0.2) is 29.2 Å². The van der Waals surface area contributed by atoms with Crippen LogP contribution in [-0.4, -0.2) is 56.8 Å². The molecule has 9 heteroatoms. The van der Waals surface area contributed by atoms with Crippen molar-refractivity contribution >= 4 is 22.0 Å². The molecule has 1 saturated heterocycles. The number of carbonyl (C=O) groups excluding carboxylic acids is 2. The molecule has 1 aromatic carbocycles. The van der Waals surface area contributed by atoms with Crippen molar-refractivity contribution in [2.24, 2.45) is 0 Å². The van der Waals surface area contributed by atoms with Crippen molar-refractivity contribution in [1.29, 1.82) is 0 Å². The van der Waals surface area contributed by atoms with Crippen LogP contribution in [0.25, 0.3) is 0 Å². The standard InChI is InChI=1S/C20H29NO7S/c1-5-27-20(23)13-18(28-15(3)22)17-7-6-8-19(26-4)21(17)29(24,25)16-11-9-14(2)10-12-16/h9-12,17-19H,5-8,13H2,1-4H3/t17-,18-,19?/m0/s1. The lowest BCUT2D eigenvalue weighted by atomic mass is 9.96. The fraction of sp³-hybridized carbons (Fsp3) is 0.600. The molecule has 0 bridgehead atoms. The molecule has 1 aromatic rings. The van der Waals surface area contributed by atoms with Gasteiger partial charge in [-0.1, -0.05) is 17.7 Å². The molecule has 1 aliphatic heterocycles. The summed E-state index contributed by atoms with van der Waals surface area (Å²) in [6.45, 7) is 4.96. The highest BCUT2D eigenvalue weighted by molar-refractivity contribution is 7.89. The number of methoxy groups -OCH3 is 1. The van der Waals surface area contributed by atoms with Crippen LogP contribution >= 0.6 is 0 Å². The summed E-state index contributed by atoms with van der Waals surface area (Å²) in [5.74, 6) is -1.14. The molecule has 1 unspecified atom stereocenters. The minimum Gasteiger partial charge on any atom is -0.466 e. The lowest BCUT2D eigenvalue weighted by Gasteiger charge is -2.42. The highest BCUT2D eigenvalue weighted by Gasteiger charge is 2.45. The summed E-state index contributed by atoms with van der Waals surface area (Å²) in [4.78, 5) is 23.9. The molecule has 0 aromatic heterocycles. The van der Waals surface area contributed by atoms with E-state index in [2.05, 4.69) is 0 Å². The fourth-order valence-electron chi connectivity index (χ4n) is 3.56. The zero-order valence-corrected chi connectivity index (χ0v) is 18.1. The molecule has 0 spiro atoms. The number of hydrogen-bond acceptors (Lipinski definition) is 7. The minimum absolute atomic E-state index is 0.120. The molecule has 0 radical (unpaired) electrons. The van der Waals surface area contributed by atoms with Gasteiger partial charge in [0.15, 0.2) is 0 Å². The highest BCUT2D eigenvalue weighted by Crippen LogP contribution is 2.33. The number of esters is 2. The lowest BCUT2D eigenvalue weighted by molar-refractivity contribution is -0.159. The molecule has 162 valence electrons. The predicted molar refractivity (Wildman–Crippen MR) is 105 cm³/mol. The van der Waals surface area contributed by atoms with E-state index in [0.29, 0.717) is 19.3 Å². The number of rotatable bonds is 8. The Morgan fingerprint density at radius 2 is 1.86 bits per heavy atom. The van der Waals surface area contributed by atoms with E-state index in [1.807, 2.05) is 6.92 Å². The highest BCUT2D eigenvalue weighted by atomic mass is 32.2. The van der Waals surface area contributed by atoms with E-state index >= 15 is 0 Å². The summed E-state index contributed by atoms with van der Waals surface area (Å²) in [5, 5.41) is 0. The van der Waals surface area contributed by atoms with Crippen LogP contribution in [0, 0.1) is 6.92 Å². The molecule has 3 atom stereocenters. The van der Waals surface area contributed by atoms with Gasteiger partial charge in [-0.3, -0.25) is 9.59 Å². The van der Waals surface area contributed by atoms with Crippen molar-refractivity contribution in [3.05, 3.63) is 29.8 Å². The third-order valence-electron chi connectivity index (χ3n) is 4.85. The van der Waals surface area contributed by atoms with Crippen molar-refractivity contribution in [3.8, 4) is 0 Å². The van der Waals surface area contributed by atoms with Gasteiger partial charge in [0.1, 0.15) is 12.3 Å². The van der Waals surface area contributed by atoms with Gasteiger partial charge in [0, 0.05) is 14.0 Å². The predicted octanol–water partition coefficient (Wildman–Crippen LogP) is 2.40. The first-order chi connectivity index (χ1) is 13.7. The van der Waals surface area contributed by atoms with E-state index in [1.165, 1.54) is 30.5 Å². The van der Waals surface area contributed by atoms with Gasteiger partial charge in [-0.25, -0.2) is 8.42 Å². The molecule has 1 aliphatic rings. The second-order valence-corrected chi connectivity index (χ2v) is 8.84. The maximum atomic E-state index is 13.5. The largest absolute Gasteiger partial charge is 0.466 e. The summed E-state index contributed by atoms with van der Waals surface area (Å²) in [5.41, 5.74) is 0.933. The number of ether oxygens (including phenoxy) is 3. The number of aryl methyl sites for hydroxylation is 1. The van der Waals surface area contributed by atoms with Crippen LogP contribution in [-0.2, 0) is 33.8 Å². The second-order valence-electron chi connectivity index (χ2n) is 6.99. The van der Waals surface area contributed by atoms with E-state index in [0.717, 1.165) is 5.56 Å². The Bertz CT molecular complexity index is 807. The number of nitrogens with zero attached hydrogens (tertiary/aromatic N) is 1. The summed E-state index contributed by atoms with van der Waals surface area (Å²) in [7, 11) is -2.51. The van der Waals surface area contributed by atoms with Crippen molar-refractivity contribution in [2.45, 2.75) is 69.7 Å². The Labute approximate surface area is 172 Å². The lowest BCUT2D eigenvalue weighted by Crippen LogP contribution is -2.56. The van der Waals surface area contributed by atoms with Gasteiger partial charge in [0.05, 0.1) is 24.0 Å². The van der Waals surface area contributed by atoms with E-state index in [9.17, 15) is 18.0 Å². The Hall–Kier alpha value is -1.97. The number of sulfonamides is 1. The normalized spacial score (nSPS) is 21.4. The molecule has 0 saturated carbocycles. The number of carbonyl (C=O) groups is 2. The zero-order chi connectivity index (χ0) is 21.6. The first-order valence-corrected chi connectivity index (χ1v) is 11.1. The molecule has 0 amide bonds. The van der Waals surface area contributed by atoms with Crippen LogP contribution < -0.4 is 0 Å². The van der Waals surface area contributed by atoms with E-state index in [4.69, 9.17) is 14.2 Å². The molecular weight excluding hydrogens is 398 g/mol. The van der Waals surface area contributed by atoms with Gasteiger partial charge in [-0.2, -0.15) is 4.31 Å². The first-order valence-electron chi connectivity index (χ1n) is 9.66. The van der Waals surface area contributed by atoms with Crippen molar-refractivity contribution < 1.29 is 32.2 Å². The molecule has 8 nitrogen and oxygen atoms in total. The van der Waals surface area contributed by atoms with Crippen LogP contribution in [0.4, 0.5) is 0 Å². The van der Waals surface area contributed by atoms with Gasteiger partial charge in [0.2, 0.25) is 10.0 Å². The quantitative estimate of drug-likeness (QED) is 0.587. The zero-order valence-electron chi connectivity index (χ0n) is 17.3.